The van der Waals surface area contributed by atoms with Crippen LogP contribution in [0.15, 0.2) is 53.4 Å². The standard InChI is InChI=1S/C24H24F2N6O3/c25-18-4-2-1-3-16(18)12-32-22(20-7-8-35-30-20)9-21(29-32)23-27-10-19(26)24(28-23)31(11-15-5-6-15)13-17(34)14-33/h1-4,7-10,15,17,33-34H,5-6,11-14H2/t17-/m0/s1. The minimum Gasteiger partial charge on any atom is -0.394 e. The Balaban J connectivity index is 1.52. The third-order valence-electron chi connectivity index (χ3n) is 5.83. The molecule has 0 saturated heterocycles. The molecule has 1 fully saturated rings. The number of benzene rings is 1. The molecular formula is C24H24F2N6O3. The van der Waals surface area contributed by atoms with Crippen LogP contribution < -0.4 is 4.90 Å². The molecule has 1 aliphatic rings. The van der Waals surface area contributed by atoms with Crippen molar-refractivity contribution in [1.29, 1.82) is 0 Å². The molecule has 0 amide bonds. The molecule has 3 aromatic heterocycles. The van der Waals surface area contributed by atoms with Gasteiger partial charge in [0.1, 0.15) is 23.5 Å². The molecule has 0 spiro atoms. The summed E-state index contributed by atoms with van der Waals surface area (Å²) >= 11 is 0. The van der Waals surface area contributed by atoms with Crippen LogP contribution in [0.4, 0.5) is 14.6 Å². The Morgan fingerprint density at radius 3 is 2.69 bits per heavy atom. The van der Waals surface area contributed by atoms with Gasteiger partial charge in [-0.3, -0.25) is 4.68 Å². The van der Waals surface area contributed by atoms with Gasteiger partial charge in [-0.2, -0.15) is 5.10 Å². The Morgan fingerprint density at radius 2 is 1.97 bits per heavy atom. The average molecular weight is 482 g/mol. The maximum atomic E-state index is 14.8. The fraction of sp³-hybridized carbons (Fsp3) is 0.333. The lowest BCUT2D eigenvalue weighted by Gasteiger charge is -2.26. The Kier molecular flexibility index (Phi) is 6.51. The van der Waals surface area contributed by atoms with Gasteiger partial charge in [0, 0.05) is 24.7 Å². The Bertz CT molecular complexity index is 1290. The molecule has 5 rings (SSSR count). The number of aliphatic hydroxyl groups is 2. The summed E-state index contributed by atoms with van der Waals surface area (Å²) in [4.78, 5) is 10.2. The summed E-state index contributed by atoms with van der Waals surface area (Å²) in [5.41, 5.74) is 1.82. The van der Waals surface area contributed by atoms with Crippen molar-refractivity contribution in [1.82, 2.24) is 24.9 Å². The van der Waals surface area contributed by atoms with E-state index in [1.54, 1.807) is 39.9 Å². The molecule has 4 aromatic rings. The van der Waals surface area contributed by atoms with E-state index in [0.717, 1.165) is 19.0 Å². The highest BCUT2D eigenvalue weighted by molar-refractivity contribution is 5.63. The largest absolute Gasteiger partial charge is 0.394 e. The van der Waals surface area contributed by atoms with Gasteiger partial charge >= 0.3 is 0 Å². The van der Waals surface area contributed by atoms with Crippen LogP contribution in [0.1, 0.15) is 18.4 Å². The first kappa shape index (κ1) is 23.1. The van der Waals surface area contributed by atoms with Gasteiger partial charge in [-0.25, -0.2) is 18.7 Å². The molecule has 9 nitrogen and oxygen atoms in total. The zero-order valence-corrected chi connectivity index (χ0v) is 18.8. The third kappa shape index (κ3) is 5.20. The van der Waals surface area contributed by atoms with Crippen molar-refractivity contribution >= 4 is 5.82 Å². The summed E-state index contributed by atoms with van der Waals surface area (Å²) < 4.78 is 35.7. The van der Waals surface area contributed by atoms with Crippen molar-refractivity contribution < 1.29 is 23.5 Å². The highest BCUT2D eigenvalue weighted by Crippen LogP contribution is 2.32. The van der Waals surface area contributed by atoms with Crippen LogP contribution in [0.25, 0.3) is 22.9 Å². The van der Waals surface area contributed by atoms with Crippen LogP contribution in [0, 0.1) is 17.6 Å². The molecule has 1 aliphatic carbocycles. The van der Waals surface area contributed by atoms with E-state index in [0.29, 0.717) is 35.1 Å². The lowest BCUT2D eigenvalue weighted by Crippen LogP contribution is -2.37. The van der Waals surface area contributed by atoms with Crippen LogP contribution in [0.2, 0.25) is 0 Å². The second-order valence-corrected chi connectivity index (χ2v) is 8.60. The predicted octanol–water partition coefficient (Wildman–Crippen LogP) is 2.89. The lowest BCUT2D eigenvalue weighted by molar-refractivity contribution is 0.0994. The van der Waals surface area contributed by atoms with Gasteiger partial charge in [-0.15, -0.1) is 0 Å². The Morgan fingerprint density at radius 1 is 1.14 bits per heavy atom. The summed E-state index contributed by atoms with van der Waals surface area (Å²) in [7, 11) is 0. The summed E-state index contributed by atoms with van der Waals surface area (Å²) in [5.74, 6) is -0.424. The highest BCUT2D eigenvalue weighted by atomic mass is 19.1. The maximum absolute atomic E-state index is 14.8. The first-order chi connectivity index (χ1) is 17.0. The molecule has 35 heavy (non-hydrogen) atoms. The third-order valence-corrected chi connectivity index (χ3v) is 5.83. The van der Waals surface area contributed by atoms with E-state index in [1.165, 1.54) is 12.3 Å². The molecule has 182 valence electrons. The molecule has 0 radical (unpaired) electrons. The van der Waals surface area contributed by atoms with Gasteiger partial charge in [-0.05, 0) is 30.9 Å². The number of rotatable bonds is 10. The molecule has 3 heterocycles. The minimum atomic E-state index is -1.04. The number of halogens is 2. The first-order valence-corrected chi connectivity index (χ1v) is 11.3. The molecule has 0 aliphatic heterocycles. The van der Waals surface area contributed by atoms with Gasteiger partial charge < -0.3 is 19.6 Å². The predicted molar refractivity (Wildman–Crippen MR) is 122 cm³/mol. The molecule has 1 saturated carbocycles. The molecule has 1 aromatic carbocycles. The fourth-order valence-electron chi connectivity index (χ4n) is 3.86. The number of aromatic nitrogens is 5. The second kappa shape index (κ2) is 9.88. The summed E-state index contributed by atoms with van der Waals surface area (Å²) in [6, 6.07) is 9.73. The maximum Gasteiger partial charge on any atom is 0.183 e. The van der Waals surface area contributed by atoms with Crippen molar-refractivity contribution in [3.63, 3.8) is 0 Å². The Hall–Kier alpha value is -3.70. The average Bonchev–Trinajstić information content (AvgIpc) is 3.33. The Labute approximate surface area is 199 Å². The molecule has 2 N–H and O–H groups in total. The zero-order valence-electron chi connectivity index (χ0n) is 18.8. The van der Waals surface area contributed by atoms with Gasteiger partial charge in [-0.1, -0.05) is 23.4 Å². The topological polar surface area (TPSA) is 113 Å². The quantitative estimate of drug-likeness (QED) is 0.355. The van der Waals surface area contributed by atoms with E-state index in [2.05, 4.69) is 20.2 Å². The van der Waals surface area contributed by atoms with Crippen LogP contribution >= 0.6 is 0 Å². The van der Waals surface area contributed by atoms with Gasteiger partial charge in [0.05, 0.1) is 31.1 Å². The van der Waals surface area contributed by atoms with Gasteiger partial charge in [0.25, 0.3) is 0 Å². The van der Waals surface area contributed by atoms with E-state index < -0.39 is 18.5 Å². The fourth-order valence-corrected chi connectivity index (χ4v) is 3.86. The normalized spacial score (nSPS) is 14.3. The molecule has 11 heteroatoms. The summed E-state index contributed by atoms with van der Waals surface area (Å²) in [5, 5.41) is 27.8. The van der Waals surface area contributed by atoms with E-state index in [1.807, 2.05) is 0 Å². The molecular weight excluding hydrogens is 458 g/mol. The van der Waals surface area contributed by atoms with Crippen LogP contribution in [0.5, 0.6) is 0 Å². The highest BCUT2D eigenvalue weighted by Gasteiger charge is 2.28. The number of nitrogens with zero attached hydrogens (tertiary/aromatic N) is 6. The smallest absolute Gasteiger partial charge is 0.183 e. The van der Waals surface area contributed by atoms with Crippen LogP contribution in [-0.2, 0) is 6.54 Å². The number of hydrogen-bond donors (Lipinski definition) is 2. The lowest BCUT2D eigenvalue weighted by atomic mass is 10.2. The molecule has 0 bridgehead atoms. The van der Waals surface area contributed by atoms with Crippen LogP contribution in [0.3, 0.4) is 0 Å². The van der Waals surface area contributed by atoms with Gasteiger partial charge in [0.2, 0.25) is 0 Å². The first-order valence-electron chi connectivity index (χ1n) is 11.3. The number of aliphatic hydroxyl groups excluding tert-OH is 2. The van der Waals surface area contributed by atoms with Gasteiger partial charge in [0.15, 0.2) is 17.5 Å². The van der Waals surface area contributed by atoms with E-state index in [9.17, 15) is 19.0 Å². The SMILES string of the molecule is OC[C@@H](O)CN(CC1CC1)c1nc(-c2cc(-c3ccon3)n(Cc3ccccc3F)n2)ncc1F. The summed E-state index contributed by atoms with van der Waals surface area (Å²) in [6.07, 6.45) is 3.49. The van der Waals surface area contributed by atoms with Crippen molar-refractivity contribution in [2.24, 2.45) is 5.92 Å². The monoisotopic (exact) mass is 482 g/mol. The van der Waals surface area contributed by atoms with E-state index in [4.69, 9.17) is 4.52 Å². The zero-order chi connectivity index (χ0) is 24.4. The van der Waals surface area contributed by atoms with E-state index >= 15 is 0 Å². The van der Waals surface area contributed by atoms with Crippen molar-refractivity contribution in [3.05, 3.63) is 66.1 Å². The van der Waals surface area contributed by atoms with Crippen molar-refractivity contribution in [2.45, 2.75) is 25.5 Å². The molecule has 0 unspecified atom stereocenters. The van der Waals surface area contributed by atoms with E-state index in [-0.39, 0.29) is 30.5 Å². The number of anilines is 1. The van der Waals surface area contributed by atoms with Crippen molar-refractivity contribution in [2.75, 3.05) is 24.6 Å². The number of hydrogen-bond acceptors (Lipinski definition) is 8. The second-order valence-electron chi connectivity index (χ2n) is 8.60. The minimum absolute atomic E-state index is 0.0287. The van der Waals surface area contributed by atoms with Crippen molar-refractivity contribution in [3.8, 4) is 22.9 Å². The summed E-state index contributed by atoms with van der Waals surface area (Å²) in [6.45, 7) is 0.226. The molecule has 1 atom stereocenters. The van der Waals surface area contributed by atoms with Crippen LogP contribution in [-0.4, -0.2) is 60.9 Å².